The number of benzene rings is 1. The summed E-state index contributed by atoms with van der Waals surface area (Å²) in [5.74, 6) is 1.01. The zero-order valence-electron chi connectivity index (χ0n) is 14.3. The van der Waals surface area contributed by atoms with Crippen LogP contribution in [-0.2, 0) is 24.9 Å². The highest BCUT2D eigenvalue weighted by Gasteiger charge is 2.16. The number of nitrogens with zero attached hydrogens (tertiary/aromatic N) is 2. The van der Waals surface area contributed by atoms with Gasteiger partial charge in [0.1, 0.15) is 0 Å². The first-order valence-electron chi connectivity index (χ1n) is 8.30. The number of hydrogen-bond donors (Lipinski definition) is 0. The smallest absolute Gasteiger partial charge is 0.224 e. The van der Waals surface area contributed by atoms with Crippen LogP contribution in [0, 0.1) is 0 Å². The van der Waals surface area contributed by atoms with Crippen LogP contribution < -0.4 is 0 Å². The average Bonchev–Trinajstić information content (AvgIpc) is 3.27. The second kappa shape index (κ2) is 8.92. The molecule has 0 bridgehead atoms. The standard InChI is InChI=1S/C20H22N2OS2/c1-21-12-5-7-17(21)15-22(16-19-10-6-13-24-19)20(23)11-14-25-18-8-3-2-4-9-18/h2-10,12-13H,11,14-16H2,1H3. The quantitative estimate of drug-likeness (QED) is 0.532. The number of rotatable bonds is 8. The van der Waals surface area contributed by atoms with E-state index in [4.69, 9.17) is 0 Å². The largest absolute Gasteiger partial charge is 0.353 e. The van der Waals surface area contributed by atoms with Gasteiger partial charge in [-0.05, 0) is 35.7 Å². The van der Waals surface area contributed by atoms with E-state index >= 15 is 0 Å². The Balaban J connectivity index is 1.61. The Morgan fingerprint density at radius 1 is 1.08 bits per heavy atom. The van der Waals surface area contributed by atoms with Crippen LogP contribution in [0.1, 0.15) is 17.0 Å². The summed E-state index contributed by atoms with van der Waals surface area (Å²) < 4.78 is 2.08. The molecule has 2 heterocycles. The van der Waals surface area contributed by atoms with Gasteiger partial charge < -0.3 is 9.47 Å². The van der Waals surface area contributed by atoms with E-state index in [1.807, 2.05) is 48.5 Å². The third kappa shape index (κ3) is 5.25. The summed E-state index contributed by atoms with van der Waals surface area (Å²) in [6.07, 6.45) is 2.57. The minimum Gasteiger partial charge on any atom is -0.353 e. The third-order valence-corrected chi connectivity index (χ3v) is 5.89. The fourth-order valence-corrected chi connectivity index (χ4v) is 4.19. The lowest BCUT2D eigenvalue weighted by molar-refractivity contribution is -0.132. The molecule has 0 unspecified atom stereocenters. The third-order valence-electron chi connectivity index (χ3n) is 4.01. The van der Waals surface area contributed by atoms with Gasteiger partial charge >= 0.3 is 0 Å². The van der Waals surface area contributed by atoms with Gasteiger partial charge in [0.15, 0.2) is 0 Å². The zero-order valence-corrected chi connectivity index (χ0v) is 15.9. The second-order valence-electron chi connectivity index (χ2n) is 5.85. The van der Waals surface area contributed by atoms with Gasteiger partial charge in [0.2, 0.25) is 5.91 Å². The molecular weight excluding hydrogens is 348 g/mol. The van der Waals surface area contributed by atoms with Crippen molar-refractivity contribution in [2.24, 2.45) is 7.05 Å². The first-order valence-corrected chi connectivity index (χ1v) is 10.2. The van der Waals surface area contributed by atoms with Gasteiger partial charge in [-0.1, -0.05) is 24.3 Å². The molecule has 0 fully saturated rings. The van der Waals surface area contributed by atoms with Crippen LogP contribution >= 0.6 is 23.1 Å². The number of thiophene rings is 1. The highest BCUT2D eigenvalue weighted by Crippen LogP contribution is 2.20. The van der Waals surface area contributed by atoms with E-state index in [9.17, 15) is 4.79 Å². The maximum Gasteiger partial charge on any atom is 0.224 e. The van der Waals surface area contributed by atoms with Crippen molar-refractivity contribution in [3.05, 3.63) is 76.7 Å². The number of thioether (sulfide) groups is 1. The minimum absolute atomic E-state index is 0.207. The molecule has 130 valence electrons. The van der Waals surface area contributed by atoms with E-state index in [1.165, 1.54) is 9.77 Å². The summed E-state index contributed by atoms with van der Waals surface area (Å²) >= 11 is 3.44. The lowest BCUT2D eigenvalue weighted by atomic mass is 10.3. The van der Waals surface area contributed by atoms with Crippen LogP contribution in [0.15, 0.2) is 71.1 Å². The highest BCUT2D eigenvalue weighted by atomic mass is 32.2. The number of hydrogen-bond acceptors (Lipinski definition) is 3. The molecule has 25 heavy (non-hydrogen) atoms. The van der Waals surface area contributed by atoms with Gasteiger partial charge in [-0.3, -0.25) is 4.79 Å². The van der Waals surface area contributed by atoms with E-state index < -0.39 is 0 Å². The van der Waals surface area contributed by atoms with Gasteiger partial charge in [0.05, 0.1) is 13.1 Å². The Kier molecular flexibility index (Phi) is 6.36. The van der Waals surface area contributed by atoms with Crippen LogP contribution in [-0.4, -0.2) is 21.1 Å². The molecule has 5 heteroatoms. The summed E-state index contributed by atoms with van der Waals surface area (Å²) in [7, 11) is 2.02. The first kappa shape index (κ1) is 17.8. The van der Waals surface area contributed by atoms with Crippen LogP contribution in [0.3, 0.4) is 0 Å². The van der Waals surface area contributed by atoms with Gasteiger partial charge in [0, 0.05) is 40.9 Å². The molecule has 0 aliphatic carbocycles. The molecule has 1 amide bonds. The Hall–Kier alpha value is -1.98. The lowest BCUT2D eigenvalue weighted by Crippen LogP contribution is -2.30. The van der Waals surface area contributed by atoms with Crippen LogP contribution in [0.4, 0.5) is 0 Å². The van der Waals surface area contributed by atoms with Crippen molar-refractivity contribution in [3.63, 3.8) is 0 Å². The van der Waals surface area contributed by atoms with E-state index in [0.717, 1.165) is 11.4 Å². The molecule has 3 rings (SSSR count). The number of carbonyl (C=O) groups excluding carboxylic acids is 1. The van der Waals surface area contributed by atoms with E-state index in [-0.39, 0.29) is 5.91 Å². The molecule has 0 aliphatic rings. The summed E-state index contributed by atoms with van der Waals surface area (Å²) in [6, 6.07) is 18.5. The maximum atomic E-state index is 12.8. The highest BCUT2D eigenvalue weighted by molar-refractivity contribution is 7.99. The number of amides is 1. The SMILES string of the molecule is Cn1cccc1CN(Cc1cccs1)C(=O)CCSc1ccccc1. The fourth-order valence-electron chi connectivity index (χ4n) is 2.61. The average molecular weight is 371 g/mol. The normalized spacial score (nSPS) is 10.8. The Labute approximate surface area is 157 Å². The van der Waals surface area contributed by atoms with Crippen LogP contribution in [0.2, 0.25) is 0 Å². The number of aryl methyl sites for hydroxylation is 1. The molecule has 3 nitrogen and oxygen atoms in total. The first-order chi connectivity index (χ1) is 12.2. The molecule has 0 radical (unpaired) electrons. The van der Waals surface area contributed by atoms with Crippen molar-refractivity contribution in [1.29, 1.82) is 0 Å². The molecule has 0 aliphatic heterocycles. The van der Waals surface area contributed by atoms with Crippen molar-refractivity contribution < 1.29 is 4.79 Å². The topological polar surface area (TPSA) is 25.2 Å². The molecule has 0 saturated carbocycles. The molecule has 1 aromatic carbocycles. The van der Waals surface area contributed by atoms with Crippen molar-refractivity contribution in [1.82, 2.24) is 9.47 Å². The summed E-state index contributed by atoms with van der Waals surface area (Å²) in [6.45, 7) is 1.33. The molecular formula is C20H22N2OS2. The van der Waals surface area contributed by atoms with Gasteiger partial charge in [0.25, 0.3) is 0 Å². The summed E-state index contributed by atoms with van der Waals surface area (Å²) in [5.41, 5.74) is 1.15. The molecule has 3 aromatic rings. The monoisotopic (exact) mass is 370 g/mol. The number of carbonyl (C=O) groups is 1. The lowest BCUT2D eigenvalue weighted by Gasteiger charge is -2.22. The molecule has 2 aromatic heterocycles. The molecule has 0 atom stereocenters. The van der Waals surface area contributed by atoms with Gasteiger partial charge in [-0.2, -0.15) is 0 Å². The molecule has 0 spiro atoms. The number of aromatic nitrogens is 1. The predicted octanol–water partition coefficient (Wildman–Crippen LogP) is 4.80. The van der Waals surface area contributed by atoms with Crippen molar-refractivity contribution in [2.45, 2.75) is 24.4 Å². The summed E-state index contributed by atoms with van der Waals surface area (Å²) in [4.78, 5) is 17.2. The molecule has 0 N–H and O–H groups in total. The van der Waals surface area contributed by atoms with Crippen molar-refractivity contribution >= 4 is 29.0 Å². The fraction of sp³-hybridized carbons (Fsp3) is 0.250. The van der Waals surface area contributed by atoms with E-state index in [1.54, 1.807) is 23.1 Å². The van der Waals surface area contributed by atoms with Crippen molar-refractivity contribution in [3.8, 4) is 0 Å². The zero-order chi connectivity index (χ0) is 17.5. The molecule has 0 saturated heterocycles. The predicted molar refractivity (Wildman–Crippen MR) is 106 cm³/mol. The van der Waals surface area contributed by atoms with E-state index in [2.05, 4.69) is 34.2 Å². The van der Waals surface area contributed by atoms with E-state index in [0.29, 0.717) is 19.5 Å². The maximum absolute atomic E-state index is 12.8. The Bertz CT molecular complexity index is 781. The van der Waals surface area contributed by atoms with Crippen LogP contribution in [0.5, 0.6) is 0 Å². The van der Waals surface area contributed by atoms with Gasteiger partial charge in [-0.25, -0.2) is 0 Å². The summed E-state index contributed by atoms with van der Waals surface area (Å²) in [5, 5.41) is 2.06. The Morgan fingerprint density at radius 2 is 1.92 bits per heavy atom. The minimum atomic E-state index is 0.207. The Morgan fingerprint density at radius 3 is 2.60 bits per heavy atom. The second-order valence-corrected chi connectivity index (χ2v) is 8.05. The van der Waals surface area contributed by atoms with Gasteiger partial charge in [-0.15, -0.1) is 23.1 Å². The van der Waals surface area contributed by atoms with Crippen LogP contribution in [0.25, 0.3) is 0 Å². The van der Waals surface area contributed by atoms with Crippen molar-refractivity contribution in [2.75, 3.05) is 5.75 Å².